The van der Waals surface area contributed by atoms with Gasteiger partial charge in [-0.3, -0.25) is 4.99 Å². The Morgan fingerprint density at radius 3 is 2.85 bits per heavy atom. The fourth-order valence-corrected chi connectivity index (χ4v) is 3.25. The van der Waals surface area contributed by atoms with Gasteiger partial charge in [0.1, 0.15) is 11.6 Å². The number of aliphatic imine (C=N–C) groups is 1. The molecule has 3 atom stereocenters. The second-order valence-electron chi connectivity index (χ2n) is 6.89. The van der Waals surface area contributed by atoms with Crippen molar-refractivity contribution >= 4 is 5.96 Å². The molecule has 0 radical (unpaired) electrons. The number of halogens is 2. The molecule has 0 amide bonds. The number of ether oxygens (including phenoxy) is 2. The first-order valence-electron chi connectivity index (χ1n) is 9.25. The van der Waals surface area contributed by atoms with Crippen molar-refractivity contribution in [2.45, 2.75) is 31.2 Å². The molecule has 2 fully saturated rings. The van der Waals surface area contributed by atoms with Crippen molar-refractivity contribution < 1.29 is 18.3 Å². The minimum absolute atomic E-state index is 0.00576. The first kappa shape index (κ1) is 19.0. The van der Waals surface area contributed by atoms with E-state index in [-0.39, 0.29) is 17.5 Å². The predicted octanol–water partition coefficient (Wildman–Crippen LogP) is 2.43. The Morgan fingerprint density at radius 1 is 1.35 bits per heavy atom. The van der Waals surface area contributed by atoms with Gasteiger partial charge >= 0.3 is 0 Å². The summed E-state index contributed by atoms with van der Waals surface area (Å²) in [5.41, 5.74) is 0.171. The van der Waals surface area contributed by atoms with E-state index in [0.29, 0.717) is 24.9 Å². The second-order valence-corrected chi connectivity index (χ2v) is 6.89. The molecule has 1 aromatic rings. The topological polar surface area (TPSA) is 54.9 Å². The molecule has 1 saturated heterocycles. The van der Waals surface area contributed by atoms with E-state index < -0.39 is 11.6 Å². The predicted molar refractivity (Wildman–Crippen MR) is 96.4 cm³/mol. The molecule has 1 saturated carbocycles. The maximum atomic E-state index is 13.8. The molecule has 2 aliphatic rings. The molecule has 1 aromatic carbocycles. The molecule has 3 unspecified atom stereocenters. The summed E-state index contributed by atoms with van der Waals surface area (Å²) in [6.45, 7) is 3.82. The largest absolute Gasteiger partial charge is 0.381 e. The molecule has 5 nitrogen and oxygen atoms in total. The second kappa shape index (κ2) is 9.28. The Bertz CT molecular complexity index is 601. The van der Waals surface area contributed by atoms with Gasteiger partial charge in [-0.25, -0.2) is 8.78 Å². The first-order valence-corrected chi connectivity index (χ1v) is 9.25. The fourth-order valence-electron chi connectivity index (χ4n) is 3.25. The lowest BCUT2D eigenvalue weighted by atomic mass is 10.1. The minimum atomic E-state index is -0.480. The third-order valence-corrected chi connectivity index (χ3v) is 4.84. The van der Waals surface area contributed by atoms with E-state index in [9.17, 15) is 8.78 Å². The van der Waals surface area contributed by atoms with Crippen molar-refractivity contribution in [1.82, 2.24) is 10.6 Å². The Morgan fingerprint density at radius 2 is 2.15 bits per heavy atom. The summed E-state index contributed by atoms with van der Waals surface area (Å²) in [4.78, 5) is 4.17. The van der Waals surface area contributed by atoms with Gasteiger partial charge in [-0.15, -0.1) is 0 Å². The van der Waals surface area contributed by atoms with E-state index in [4.69, 9.17) is 9.47 Å². The highest BCUT2D eigenvalue weighted by molar-refractivity contribution is 5.80. The zero-order chi connectivity index (χ0) is 18.4. The van der Waals surface area contributed by atoms with Crippen LogP contribution in [-0.4, -0.2) is 52.0 Å². The van der Waals surface area contributed by atoms with Crippen LogP contribution in [0.25, 0.3) is 0 Å². The highest BCUT2D eigenvalue weighted by atomic mass is 19.1. The molecule has 0 spiro atoms. The number of rotatable bonds is 8. The van der Waals surface area contributed by atoms with Crippen LogP contribution in [0.3, 0.4) is 0 Å². The van der Waals surface area contributed by atoms with Crippen molar-refractivity contribution in [2.75, 3.05) is 40.0 Å². The molecule has 26 heavy (non-hydrogen) atoms. The molecule has 1 heterocycles. The standard InChI is InChI=1S/C19H27F2N3O2/c1-22-19(23-7-3-8-25-11-13-6-9-26-12-13)24-17-10-14(17)18-15(20)4-2-5-16(18)21/h2,4-5,13-14,17H,3,6-12H2,1H3,(H2,22,23,24). The summed E-state index contributed by atoms with van der Waals surface area (Å²) in [5, 5.41) is 6.44. The first-order chi connectivity index (χ1) is 12.7. The van der Waals surface area contributed by atoms with E-state index in [0.717, 1.165) is 39.2 Å². The summed E-state index contributed by atoms with van der Waals surface area (Å²) in [7, 11) is 1.69. The lowest BCUT2D eigenvalue weighted by Gasteiger charge is -2.13. The minimum Gasteiger partial charge on any atom is -0.381 e. The number of nitrogens with zero attached hydrogens (tertiary/aromatic N) is 1. The van der Waals surface area contributed by atoms with Crippen LogP contribution in [0.4, 0.5) is 8.78 Å². The van der Waals surface area contributed by atoms with Gasteiger partial charge in [-0.1, -0.05) is 6.07 Å². The molecule has 7 heteroatoms. The van der Waals surface area contributed by atoms with Crippen LogP contribution in [0.15, 0.2) is 23.2 Å². The van der Waals surface area contributed by atoms with E-state index in [1.165, 1.54) is 18.2 Å². The summed E-state index contributed by atoms with van der Waals surface area (Å²) in [5.74, 6) is 0.0761. The van der Waals surface area contributed by atoms with E-state index in [1.807, 2.05) is 0 Å². The summed E-state index contributed by atoms with van der Waals surface area (Å²) in [6.07, 6.45) is 2.65. The van der Waals surface area contributed by atoms with Gasteiger partial charge < -0.3 is 20.1 Å². The highest BCUT2D eigenvalue weighted by Crippen LogP contribution is 2.42. The lowest BCUT2D eigenvalue weighted by molar-refractivity contribution is 0.0888. The van der Waals surface area contributed by atoms with Gasteiger partial charge in [0.25, 0.3) is 0 Å². The van der Waals surface area contributed by atoms with Crippen LogP contribution in [0.2, 0.25) is 0 Å². The normalized spacial score (nSPS) is 25.3. The van der Waals surface area contributed by atoms with Gasteiger partial charge in [0.2, 0.25) is 0 Å². The van der Waals surface area contributed by atoms with Gasteiger partial charge in [-0.05, 0) is 31.4 Å². The molecule has 1 aliphatic heterocycles. The van der Waals surface area contributed by atoms with Crippen LogP contribution < -0.4 is 10.6 Å². The number of benzene rings is 1. The number of nitrogens with one attached hydrogen (secondary N) is 2. The Hall–Kier alpha value is -1.73. The quantitative estimate of drug-likeness (QED) is 0.421. The zero-order valence-electron chi connectivity index (χ0n) is 15.1. The van der Waals surface area contributed by atoms with Crippen molar-refractivity contribution in [3.63, 3.8) is 0 Å². The van der Waals surface area contributed by atoms with Gasteiger partial charge in [0.05, 0.1) is 13.2 Å². The molecule has 0 bridgehead atoms. The average molecular weight is 367 g/mol. The third kappa shape index (κ3) is 5.14. The molecule has 1 aliphatic carbocycles. The zero-order valence-corrected chi connectivity index (χ0v) is 15.1. The van der Waals surface area contributed by atoms with Crippen LogP contribution >= 0.6 is 0 Å². The third-order valence-electron chi connectivity index (χ3n) is 4.84. The van der Waals surface area contributed by atoms with Gasteiger partial charge in [0.15, 0.2) is 5.96 Å². The molecule has 2 N–H and O–H groups in total. The van der Waals surface area contributed by atoms with Crippen LogP contribution in [0, 0.1) is 17.6 Å². The Kier molecular flexibility index (Phi) is 6.80. The maximum Gasteiger partial charge on any atom is 0.191 e. The van der Waals surface area contributed by atoms with Crippen molar-refractivity contribution in [2.24, 2.45) is 10.9 Å². The van der Waals surface area contributed by atoms with Crippen molar-refractivity contribution in [1.29, 1.82) is 0 Å². The lowest BCUT2D eigenvalue weighted by Crippen LogP contribution is -2.39. The van der Waals surface area contributed by atoms with Crippen LogP contribution in [0.5, 0.6) is 0 Å². The van der Waals surface area contributed by atoms with Crippen molar-refractivity contribution in [3.05, 3.63) is 35.4 Å². The van der Waals surface area contributed by atoms with E-state index in [2.05, 4.69) is 15.6 Å². The maximum absolute atomic E-state index is 13.8. The monoisotopic (exact) mass is 367 g/mol. The number of hydrogen-bond donors (Lipinski definition) is 2. The van der Waals surface area contributed by atoms with Crippen LogP contribution in [0.1, 0.15) is 30.7 Å². The molecular formula is C19H27F2N3O2. The molecule has 144 valence electrons. The number of hydrogen-bond acceptors (Lipinski definition) is 3. The van der Waals surface area contributed by atoms with Gasteiger partial charge in [-0.2, -0.15) is 0 Å². The highest BCUT2D eigenvalue weighted by Gasteiger charge is 2.42. The SMILES string of the molecule is CN=C(NCCCOCC1CCOC1)NC1CC1c1c(F)cccc1F. The fraction of sp³-hybridized carbons (Fsp3) is 0.632. The smallest absolute Gasteiger partial charge is 0.191 e. The van der Waals surface area contributed by atoms with E-state index in [1.54, 1.807) is 7.05 Å². The average Bonchev–Trinajstić information content (AvgIpc) is 3.16. The molecule has 3 rings (SSSR count). The summed E-state index contributed by atoms with van der Waals surface area (Å²) < 4.78 is 38.6. The van der Waals surface area contributed by atoms with Crippen LogP contribution in [-0.2, 0) is 9.47 Å². The Labute approximate surface area is 153 Å². The Balaban J connectivity index is 1.33. The van der Waals surface area contributed by atoms with E-state index >= 15 is 0 Å². The summed E-state index contributed by atoms with van der Waals surface area (Å²) in [6, 6.07) is 4.00. The molecular weight excluding hydrogens is 340 g/mol. The van der Waals surface area contributed by atoms with Gasteiger partial charge in [0, 0.05) is 50.2 Å². The van der Waals surface area contributed by atoms with Crippen molar-refractivity contribution in [3.8, 4) is 0 Å². The number of guanidine groups is 1. The molecule has 0 aromatic heterocycles. The summed E-state index contributed by atoms with van der Waals surface area (Å²) >= 11 is 0.